The first-order valence-electron chi connectivity index (χ1n) is 5.88. The van der Waals surface area contributed by atoms with Crippen LogP contribution in [-0.4, -0.2) is 24.9 Å². The first-order chi connectivity index (χ1) is 9.34. The molecule has 19 heavy (non-hydrogen) atoms. The van der Waals surface area contributed by atoms with Crippen LogP contribution >= 0.6 is 0 Å². The summed E-state index contributed by atoms with van der Waals surface area (Å²) in [5, 5.41) is 14.6. The van der Waals surface area contributed by atoms with Crippen LogP contribution in [0.5, 0.6) is 0 Å². The second-order valence-corrected chi connectivity index (χ2v) is 4.10. The van der Waals surface area contributed by atoms with E-state index in [0.29, 0.717) is 11.3 Å². The maximum atomic E-state index is 10.2. The van der Waals surface area contributed by atoms with Gasteiger partial charge in [-0.15, -0.1) is 0 Å². The van der Waals surface area contributed by atoms with E-state index in [2.05, 4.69) is 15.1 Å². The molecule has 1 atom stereocenters. The van der Waals surface area contributed by atoms with E-state index < -0.39 is 6.10 Å². The number of aromatic nitrogens is 4. The van der Waals surface area contributed by atoms with Crippen molar-refractivity contribution in [2.45, 2.75) is 6.10 Å². The van der Waals surface area contributed by atoms with Crippen molar-refractivity contribution in [3.05, 3.63) is 72.6 Å². The summed E-state index contributed by atoms with van der Waals surface area (Å²) in [7, 11) is 0. The largest absolute Gasteiger partial charge is 0.382 e. The Labute approximate surface area is 110 Å². The van der Waals surface area contributed by atoms with E-state index in [1.54, 1.807) is 23.1 Å². The van der Waals surface area contributed by atoms with Crippen LogP contribution < -0.4 is 0 Å². The number of benzene rings is 1. The highest BCUT2D eigenvalue weighted by atomic mass is 16.3. The maximum absolute atomic E-state index is 10.2. The molecular weight excluding hydrogens is 240 g/mol. The number of nitrogens with zero attached hydrogens (tertiary/aromatic N) is 4. The van der Waals surface area contributed by atoms with Crippen molar-refractivity contribution >= 4 is 0 Å². The molecule has 0 spiro atoms. The normalized spacial score (nSPS) is 12.3. The predicted molar refractivity (Wildman–Crippen MR) is 69.7 cm³/mol. The van der Waals surface area contributed by atoms with Crippen LogP contribution in [0.1, 0.15) is 17.4 Å². The van der Waals surface area contributed by atoms with Crippen molar-refractivity contribution < 1.29 is 5.11 Å². The molecule has 2 heterocycles. The molecule has 0 amide bonds. The van der Waals surface area contributed by atoms with E-state index in [0.717, 1.165) is 5.69 Å². The van der Waals surface area contributed by atoms with Gasteiger partial charge in [-0.05, 0) is 18.2 Å². The van der Waals surface area contributed by atoms with Crippen LogP contribution in [0.4, 0.5) is 0 Å². The van der Waals surface area contributed by atoms with Crippen molar-refractivity contribution in [3.63, 3.8) is 0 Å². The molecule has 0 saturated heterocycles. The second kappa shape index (κ2) is 4.99. The molecule has 3 rings (SSSR count). The van der Waals surface area contributed by atoms with Gasteiger partial charge in [0.05, 0.1) is 11.4 Å². The third-order valence-corrected chi connectivity index (χ3v) is 2.81. The lowest BCUT2D eigenvalue weighted by Gasteiger charge is -2.06. The number of rotatable bonds is 3. The molecule has 2 aromatic heterocycles. The Hall–Kier alpha value is -2.53. The minimum atomic E-state index is -0.814. The standard InChI is InChI=1S/C14H12N4O/c19-14(11-8-15-10-16-9-11)13-6-7-18(17-13)12-4-2-1-3-5-12/h1-10,14,19H. The quantitative estimate of drug-likeness (QED) is 0.771. The van der Waals surface area contributed by atoms with Gasteiger partial charge in [0, 0.05) is 24.2 Å². The van der Waals surface area contributed by atoms with Crippen molar-refractivity contribution in [2.75, 3.05) is 0 Å². The first kappa shape index (κ1) is 11.6. The average molecular weight is 252 g/mol. The zero-order valence-electron chi connectivity index (χ0n) is 10.1. The Kier molecular flexibility index (Phi) is 3.04. The van der Waals surface area contributed by atoms with Crippen molar-refractivity contribution in [1.29, 1.82) is 0 Å². The molecule has 1 N–H and O–H groups in total. The van der Waals surface area contributed by atoms with Gasteiger partial charge < -0.3 is 5.11 Å². The fraction of sp³-hybridized carbons (Fsp3) is 0.0714. The van der Waals surface area contributed by atoms with E-state index >= 15 is 0 Å². The second-order valence-electron chi connectivity index (χ2n) is 4.10. The highest BCUT2D eigenvalue weighted by Gasteiger charge is 2.14. The van der Waals surface area contributed by atoms with Crippen molar-refractivity contribution in [2.24, 2.45) is 0 Å². The third-order valence-electron chi connectivity index (χ3n) is 2.81. The lowest BCUT2D eigenvalue weighted by molar-refractivity contribution is 0.214. The van der Waals surface area contributed by atoms with Gasteiger partial charge in [-0.3, -0.25) is 0 Å². The molecule has 5 heteroatoms. The molecule has 5 nitrogen and oxygen atoms in total. The number of para-hydroxylation sites is 1. The van der Waals surface area contributed by atoms with Gasteiger partial charge in [-0.2, -0.15) is 5.10 Å². The molecule has 0 bridgehead atoms. The Morgan fingerprint density at radius 1 is 1.00 bits per heavy atom. The predicted octanol–water partition coefficient (Wildman–Crippen LogP) is 1.74. The molecule has 0 radical (unpaired) electrons. The van der Waals surface area contributed by atoms with Crippen molar-refractivity contribution in [3.8, 4) is 5.69 Å². The summed E-state index contributed by atoms with van der Waals surface area (Å²) >= 11 is 0. The van der Waals surface area contributed by atoms with Crippen LogP contribution in [0.15, 0.2) is 61.3 Å². The molecular formula is C14H12N4O. The van der Waals surface area contributed by atoms with Gasteiger partial charge >= 0.3 is 0 Å². The van der Waals surface area contributed by atoms with Crippen LogP contribution in [0.25, 0.3) is 5.69 Å². The summed E-state index contributed by atoms with van der Waals surface area (Å²) < 4.78 is 1.72. The number of hydrogen-bond donors (Lipinski definition) is 1. The molecule has 0 aliphatic heterocycles. The molecule has 0 fully saturated rings. The monoisotopic (exact) mass is 252 g/mol. The van der Waals surface area contributed by atoms with Crippen LogP contribution in [0.3, 0.4) is 0 Å². The Bertz CT molecular complexity index is 651. The molecule has 3 aromatic rings. The van der Waals surface area contributed by atoms with E-state index in [-0.39, 0.29) is 0 Å². The SMILES string of the molecule is OC(c1cncnc1)c1ccn(-c2ccccc2)n1. The molecule has 1 aromatic carbocycles. The highest BCUT2D eigenvalue weighted by Crippen LogP contribution is 2.19. The smallest absolute Gasteiger partial charge is 0.126 e. The lowest BCUT2D eigenvalue weighted by atomic mass is 10.1. The summed E-state index contributed by atoms with van der Waals surface area (Å²) in [5.74, 6) is 0. The first-order valence-corrected chi connectivity index (χ1v) is 5.88. The van der Waals surface area contributed by atoms with Gasteiger partial charge in [0.25, 0.3) is 0 Å². The van der Waals surface area contributed by atoms with Gasteiger partial charge in [-0.25, -0.2) is 14.6 Å². The van der Waals surface area contributed by atoms with Crippen molar-refractivity contribution in [1.82, 2.24) is 19.7 Å². The minimum absolute atomic E-state index is 0.568. The summed E-state index contributed by atoms with van der Waals surface area (Å²) in [4.78, 5) is 7.78. The summed E-state index contributed by atoms with van der Waals surface area (Å²) in [6.07, 6.45) is 5.60. The number of aliphatic hydroxyl groups excluding tert-OH is 1. The van der Waals surface area contributed by atoms with E-state index in [1.807, 2.05) is 36.5 Å². The zero-order chi connectivity index (χ0) is 13.1. The fourth-order valence-electron chi connectivity index (χ4n) is 1.83. The Morgan fingerprint density at radius 2 is 1.74 bits per heavy atom. The van der Waals surface area contributed by atoms with Crippen LogP contribution in [-0.2, 0) is 0 Å². The molecule has 0 aliphatic rings. The maximum Gasteiger partial charge on any atom is 0.126 e. The van der Waals surface area contributed by atoms with Gasteiger partial charge in [-0.1, -0.05) is 18.2 Å². The zero-order valence-corrected chi connectivity index (χ0v) is 10.1. The van der Waals surface area contributed by atoms with Gasteiger partial charge in [0.2, 0.25) is 0 Å². The minimum Gasteiger partial charge on any atom is -0.382 e. The third kappa shape index (κ3) is 2.36. The Balaban J connectivity index is 1.90. The van der Waals surface area contributed by atoms with Crippen LogP contribution in [0, 0.1) is 0 Å². The highest BCUT2D eigenvalue weighted by molar-refractivity contribution is 5.31. The summed E-state index contributed by atoms with van der Waals surface area (Å²) in [6, 6.07) is 11.5. The Morgan fingerprint density at radius 3 is 2.47 bits per heavy atom. The topological polar surface area (TPSA) is 63.8 Å². The average Bonchev–Trinajstić information content (AvgIpc) is 2.98. The molecule has 0 aliphatic carbocycles. The van der Waals surface area contributed by atoms with E-state index in [1.165, 1.54) is 6.33 Å². The molecule has 94 valence electrons. The van der Waals surface area contributed by atoms with Crippen LogP contribution in [0.2, 0.25) is 0 Å². The van der Waals surface area contributed by atoms with E-state index in [9.17, 15) is 5.11 Å². The number of hydrogen-bond acceptors (Lipinski definition) is 4. The van der Waals surface area contributed by atoms with Gasteiger partial charge in [0.15, 0.2) is 0 Å². The molecule has 1 unspecified atom stereocenters. The fourth-order valence-corrected chi connectivity index (χ4v) is 1.83. The summed E-state index contributed by atoms with van der Waals surface area (Å²) in [5.41, 5.74) is 2.14. The van der Waals surface area contributed by atoms with Gasteiger partial charge in [0.1, 0.15) is 12.4 Å². The number of aliphatic hydroxyl groups is 1. The lowest BCUT2D eigenvalue weighted by Crippen LogP contribution is -2.03. The molecule has 0 saturated carbocycles. The summed E-state index contributed by atoms with van der Waals surface area (Å²) in [6.45, 7) is 0. The van der Waals surface area contributed by atoms with E-state index in [4.69, 9.17) is 0 Å².